The van der Waals surface area contributed by atoms with Crippen LogP contribution in [0, 0.1) is 11.3 Å². The van der Waals surface area contributed by atoms with Crippen LogP contribution in [0.25, 0.3) is 0 Å². The van der Waals surface area contributed by atoms with Gasteiger partial charge in [-0.25, -0.2) is 5.43 Å². The molecule has 3 heteroatoms. The molecule has 3 nitrogen and oxygen atoms in total. The van der Waals surface area contributed by atoms with Crippen molar-refractivity contribution in [2.45, 2.75) is 85.5 Å². The maximum Gasteiger partial charge on any atom is 0.240 e. The summed E-state index contributed by atoms with van der Waals surface area (Å²) in [6.07, 6.45) is 9.60. The number of nitrogens with zero attached hydrogens (tertiary/aromatic N) is 1. The van der Waals surface area contributed by atoms with Crippen molar-refractivity contribution in [3.05, 3.63) is 0 Å². The van der Waals surface area contributed by atoms with Crippen LogP contribution >= 0.6 is 0 Å². The number of carbonyl (C=O) groups is 1. The van der Waals surface area contributed by atoms with Crippen molar-refractivity contribution in [3.8, 4) is 0 Å². The first-order chi connectivity index (χ1) is 9.49. The molecule has 0 aromatic carbocycles. The van der Waals surface area contributed by atoms with Gasteiger partial charge in [-0.3, -0.25) is 4.79 Å². The second-order valence-electron chi connectivity index (χ2n) is 6.79. The third kappa shape index (κ3) is 5.64. The van der Waals surface area contributed by atoms with Crippen LogP contribution in [0.4, 0.5) is 0 Å². The summed E-state index contributed by atoms with van der Waals surface area (Å²) in [4.78, 5) is 11.6. The van der Waals surface area contributed by atoms with Gasteiger partial charge in [0.15, 0.2) is 0 Å². The Morgan fingerprint density at radius 1 is 1.25 bits per heavy atom. The van der Waals surface area contributed by atoms with Gasteiger partial charge in [-0.1, -0.05) is 47.0 Å². The zero-order valence-corrected chi connectivity index (χ0v) is 13.8. The van der Waals surface area contributed by atoms with E-state index in [0.717, 1.165) is 38.0 Å². The molecule has 0 atom stereocenters. The molecule has 1 rings (SSSR count). The van der Waals surface area contributed by atoms with E-state index in [4.69, 9.17) is 0 Å². The fraction of sp³-hybridized carbons (Fsp3) is 0.882. The molecule has 0 radical (unpaired) electrons. The molecule has 0 saturated heterocycles. The van der Waals surface area contributed by atoms with Gasteiger partial charge < -0.3 is 0 Å². The number of amides is 1. The first-order valence-corrected chi connectivity index (χ1v) is 8.33. The van der Waals surface area contributed by atoms with Crippen LogP contribution in [0.15, 0.2) is 5.10 Å². The Labute approximate surface area is 124 Å². The summed E-state index contributed by atoms with van der Waals surface area (Å²) in [5.41, 5.74) is 4.35. The van der Waals surface area contributed by atoms with Crippen LogP contribution in [-0.2, 0) is 4.79 Å². The molecule has 1 fully saturated rings. The topological polar surface area (TPSA) is 41.5 Å². The minimum Gasteiger partial charge on any atom is -0.273 e. The quantitative estimate of drug-likeness (QED) is 0.534. The lowest BCUT2D eigenvalue weighted by Crippen LogP contribution is -2.29. The van der Waals surface area contributed by atoms with Crippen molar-refractivity contribution < 1.29 is 4.79 Å². The molecule has 0 spiro atoms. The lowest BCUT2D eigenvalue weighted by molar-refractivity contribution is -0.121. The number of hydrogen-bond donors (Lipinski definition) is 1. The Kier molecular flexibility index (Phi) is 7.25. The van der Waals surface area contributed by atoms with Crippen molar-refractivity contribution in [1.29, 1.82) is 0 Å². The molecule has 0 aromatic rings. The number of hydrogen-bond acceptors (Lipinski definition) is 2. The highest BCUT2D eigenvalue weighted by molar-refractivity contribution is 5.86. The van der Waals surface area contributed by atoms with Gasteiger partial charge in [0, 0.05) is 12.1 Å². The molecular formula is C17H32N2O. The van der Waals surface area contributed by atoms with Gasteiger partial charge in [0.25, 0.3) is 0 Å². The van der Waals surface area contributed by atoms with E-state index in [-0.39, 0.29) is 5.91 Å². The van der Waals surface area contributed by atoms with Crippen molar-refractivity contribution in [3.63, 3.8) is 0 Å². The smallest absolute Gasteiger partial charge is 0.240 e. The van der Waals surface area contributed by atoms with E-state index in [1.54, 1.807) is 0 Å². The van der Waals surface area contributed by atoms with E-state index in [1.807, 2.05) is 0 Å². The molecule has 0 bridgehead atoms. The Morgan fingerprint density at radius 3 is 2.45 bits per heavy atom. The molecular weight excluding hydrogens is 248 g/mol. The fourth-order valence-corrected chi connectivity index (χ4v) is 2.87. The fourth-order valence-electron chi connectivity index (χ4n) is 2.87. The van der Waals surface area contributed by atoms with Crippen LogP contribution in [0.3, 0.4) is 0 Å². The van der Waals surface area contributed by atoms with E-state index in [2.05, 4.69) is 38.2 Å². The summed E-state index contributed by atoms with van der Waals surface area (Å²) in [7, 11) is 0. The molecule has 116 valence electrons. The molecule has 1 amide bonds. The van der Waals surface area contributed by atoms with E-state index in [1.165, 1.54) is 25.0 Å². The molecule has 0 unspecified atom stereocenters. The maximum atomic E-state index is 11.6. The average molecular weight is 280 g/mol. The number of nitrogens with one attached hydrogen (secondary N) is 1. The van der Waals surface area contributed by atoms with Gasteiger partial charge in [-0.05, 0) is 43.4 Å². The molecule has 0 heterocycles. The van der Waals surface area contributed by atoms with Crippen LogP contribution < -0.4 is 5.43 Å². The second kappa shape index (κ2) is 8.43. The van der Waals surface area contributed by atoms with Crippen LogP contribution in [-0.4, -0.2) is 11.6 Å². The summed E-state index contributed by atoms with van der Waals surface area (Å²) in [5.74, 6) is 0.869. The molecule has 0 aromatic heterocycles. The van der Waals surface area contributed by atoms with Gasteiger partial charge in [-0.2, -0.15) is 5.10 Å². The molecule has 0 aliphatic heterocycles. The second-order valence-corrected chi connectivity index (χ2v) is 6.79. The highest BCUT2D eigenvalue weighted by atomic mass is 16.2. The zero-order valence-electron chi connectivity index (χ0n) is 13.8. The highest BCUT2D eigenvalue weighted by Gasteiger charge is 2.30. The van der Waals surface area contributed by atoms with Crippen LogP contribution in [0.5, 0.6) is 0 Å². The predicted octanol–water partition coefficient (Wildman–Crippen LogP) is 4.67. The minimum absolute atomic E-state index is 0.0713. The van der Waals surface area contributed by atoms with Crippen molar-refractivity contribution in [2.24, 2.45) is 16.4 Å². The number of hydrazone groups is 1. The Morgan fingerprint density at radius 2 is 1.90 bits per heavy atom. The number of rotatable bonds is 7. The van der Waals surface area contributed by atoms with Gasteiger partial charge in [-0.15, -0.1) is 0 Å². The van der Waals surface area contributed by atoms with E-state index in [0.29, 0.717) is 11.8 Å². The summed E-state index contributed by atoms with van der Waals surface area (Å²) >= 11 is 0. The van der Waals surface area contributed by atoms with Crippen molar-refractivity contribution in [1.82, 2.24) is 5.43 Å². The Balaban J connectivity index is 2.30. The Hall–Kier alpha value is -0.860. The summed E-state index contributed by atoms with van der Waals surface area (Å²) in [5, 5.41) is 4.32. The number of unbranched alkanes of at least 4 members (excludes halogenated alkanes) is 2. The van der Waals surface area contributed by atoms with E-state index in [9.17, 15) is 4.79 Å². The molecule has 1 aliphatic rings. The van der Waals surface area contributed by atoms with E-state index < -0.39 is 0 Å². The first kappa shape index (κ1) is 17.2. The highest BCUT2D eigenvalue weighted by Crippen LogP contribution is 2.39. The van der Waals surface area contributed by atoms with Crippen molar-refractivity contribution in [2.75, 3.05) is 0 Å². The maximum absolute atomic E-state index is 11.6. The Bertz CT molecular complexity index is 324. The molecule has 20 heavy (non-hydrogen) atoms. The lowest BCUT2D eigenvalue weighted by atomic mass is 9.69. The predicted molar refractivity (Wildman–Crippen MR) is 85.7 cm³/mol. The van der Waals surface area contributed by atoms with Crippen LogP contribution in [0.2, 0.25) is 0 Å². The first-order valence-electron chi connectivity index (χ1n) is 8.33. The van der Waals surface area contributed by atoms with Gasteiger partial charge in [0.05, 0.1) is 0 Å². The lowest BCUT2D eigenvalue weighted by Gasteiger charge is -2.36. The van der Waals surface area contributed by atoms with Crippen LogP contribution in [0.1, 0.15) is 85.5 Å². The summed E-state index contributed by atoms with van der Waals surface area (Å²) < 4.78 is 0. The van der Waals surface area contributed by atoms with Gasteiger partial charge >= 0.3 is 0 Å². The third-order valence-corrected chi connectivity index (χ3v) is 4.93. The standard InChI is InChI=1S/C17H32N2O/c1-5-7-8-9-16(20)19-18-15-12-10-14(11-13-15)17(3,4)6-2/h14H,5-13H2,1-4H3,(H,19,20). The third-order valence-electron chi connectivity index (χ3n) is 4.93. The average Bonchev–Trinajstić information content (AvgIpc) is 2.46. The van der Waals surface area contributed by atoms with Gasteiger partial charge in [0.2, 0.25) is 5.91 Å². The molecule has 1 aliphatic carbocycles. The summed E-state index contributed by atoms with van der Waals surface area (Å²) in [6.45, 7) is 9.17. The molecule has 1 saturated carbocycles. The van der Waals surface area contributed by atoms with E-state index >= 15 is 0 Å². The normalized spacial score (nSPS) is 19.8. The zero-order chi connectivity index (χ0) is 15.0. The van der Waals surface area contributed by atoms with Gasteiger partial charge in [0.1, 0.15) is 0 Å². The monoisotopic (exact) mass is 280 g/mol. The SMILES string of the molecule is CCCCCC(=O)NN=C1CCC(C(C)(C)CC)CC1. The number of carbonyl (C=O) groups excluding carboxylic acids is 1. The summed E-state index contributed by atoms with van der Waals surface area (Å²) in [6, 6.07) is 0. The minimum atomic E-state index is 0.0713. The largest absolute Gasteiger partial charge is 0.273 e. The molecule has 1 N–H and O–H groups in total. The van der Waals surface area contributed by atoms with Crippen molar-refractivity contribution >= 4 is 11.6 Å².